The summed E-state index contributed by atoms with van der Waals surface area (Å²) in [6, 6.07) is 3.22. The molecule has 0 spiro atoms. The number of aliphatic hydroxyl groups is 1. The number of hydrogen-bond donors (Lipinski definition) is 1. The first-order chi connectivity index (χ1) is 5.52. The van der Waals surface area contributed by atoms with E-state index in [-0.39, 0.29) is 5.75 Å². The van der Waals surface area contributed by atoms with E-state index in [1.807, 2.05) is 0 Å². The number of aliphatic hydroxyl groups excluding tert-OH is 1. The molecule has 0 saturated carbocycles. The first-order valence-electron chi connectivity index (χ1n) is 3.47. The lowest BCUT2D eigenvalue weighted by atomic mass is 10.5. The van der Waals surface area contributed by atoms with Crippen LogP contribution in [0.2, 0.25) is 0 Å². The molecule has 1 unspecified atom stereocenters. The lowest BCUT2D eigenvalue weighted by molar-refractivity contribution is 0.218. The molecule has 0 aliphatic carbocycles. The molecule has 0 aliphatic rings. The molecule has 0 saturated heterocycles. The molecule has 68 valence electrons. The van der Waals surface area contributed by atoms with E-state index < -0.39 is 15.9 Å². The summed E-state index contributed by atoms with van der Waals surface area (Å²) in [4.78, 5) is 0. The summed E-state index contributed by atoms with van der Waals surface area (Å²) in [6.07, 6.45) is -0.808. The molecule has 0 radical (unpaired) electrons. The van der Waals surface area contributed by atoms with E-state index in [9.17, 15) is 8.42 Å². The minimum atomic E-state index is -3.25. The molecule has 0 bridgehead atoms. The van der Waals surface area contributed by atoms with Gasteiger partial charge in [0.25, 0.3) is 0 Å². The summed E-state index contributed by atoms with van der Waals surface area (Å²) in [7, 11) is -3.25. The van der Waals surface area contributed by atoms with Crippen LogP contribution in [0.15, 0.2) is 21.7 Å². The fourth-order valence-electron chi connectivity index (χ4n) is 0.840. The molecule has 1 aromatic rings. The highest BCUT2D eigenvalue weighted by Gasteiger charge is 2.17. The topological polar surface area (TPSA) is 54.4 Å². The van der Waals surface area contributed by atoms with Crippen molar-refractivity contribution in [3.63, 3.8) is 0 Å². The number of hydrogen-bond acceptors (Lipinski definition) is 4. The highest BCUT2D eigenvalue weighted by Crippen LogP contribution is 2.17. The van der Waals surface area contributed by atoms with Crippen molar-refractivity contribution in [2.24, 2.45) is 0 Å². The molecule has 0 aromatic carbocycles. The van der Waals surface area contributed by atoms with Crippen molar-refractivity contribution in [1.82, 2.24) is 0 Å². The van der Waals surface area contributed by atoms with E-state index in [0.717, 1.165) is 0 Å². The van der Waals surface area contributed by atoms with Crippen molar-refractivity contribution in [3.05, 3.63) is 17.5 Å². The predicted octanol–water partition coefficient (Wildman–Crippen LogP) is 0.903. The minimum absolute atomic E-state index is 0.201. The molecule has 1 heterocycles. The lowest BCUT2D eigenvalue weighted by Crippen LogP contribution is -2.16. The Bertz CT molecular complexity index is 324. The highest BCUT2D eigenvalue weighted by atomic mass is 32.2. The van der Waals surface area contributed by atoms with E-state index in [1.165, 1.54) is 18.3 Å². The van der Waals surface area contributed by atoms with Gasteiger partial charge >= 0.3 is 0 Å². The van der Waals surface area contributed by atoms with Gasteiger partial charge in [-0.05, 0) is 18.4 Å². The van der Waals surface area contributed by atoms with E-state index in [1.54, 1.807) is 17.5 Å². The van der Waals surface area contributed by atoms with Gasteiger partial charge in [-0.3, -0.25) is 0 Å². The normalized spacial score (nSPS) is 14.5. The van der Waals surface area contributed by atoms with Crippen molar-refractivity contribution >= 4 is 21.2 Å². The first kappa shape index (κ1) is 9.70. The fourth-order valence-corrected chi connectivity index (χ4v) is 3.33. The van der Waals surface area contributed by atoms with Crippen LogP contribution >= 0.6 is 11.3 Å². The highest BCUT2D eigenvalue weighted by molar-refractivity contribution is 7.93. The third-order valence-corrected chi connectivity index (χ3v) is 4.64. The van der Waals surface area contributed by atoms with Crippen LogP contribution in [0.3, 0.4) is 0 Å². The van der Waals surface area contributed by atoms with E-state index >= 15 is 0 Å². The average molecular weight is 206 g/mol. The second-order valence-electron chi connectivity index (χ2n) is 2.56. The molecule has 5 heteroatoms. The van der Waals surface area contributed by atoms with Gasteiger partial charge in [-0.15, -0.1) is 11.3 Å². The molecule has 0 amide bonds. The molecule has 12 heavy (non-hydrogen) atoms. The number of thiophene rings is 1. The van der Waals surface area contributed by atoms with Crippen LogP contribution in [0.25, 0.3) is 0 Å². The van der Waals surface area contributed by atoms with Crippen LogP contribution < -0.4 is 0 Å². The molecule has 3 nitrogen and oxygen atoms in total. The molecule has 1 atom stereocenters. The molecular formula is C7H10O3S2. The Morgan fingerprint density at radius 2 is 2.33 bits per heavy atom. The molecule has 1 N–H and O–H groups in total. The Labute approximate surface area is 75.6 Å². The number of sulfone groups is 1. The zero-order valence-electron chi connectivity index (χ0n) is 6.60. The van der Waals surface area contributed by atoms with Gasteiger partial charge in [0.1, 0.15) is 4.21 Å². The second kappa shape index (κ2) is 3.55. The van der Waals surface area contributed by atoms with Crippen molar-refractivity contribution in [1.29, 1.82) is 0 Å². The Morgan fingerprint density at radius 3 is 2.75 bits per heavy atom. The van der Waals surface area contributed by atoms with Crippen molar-refractivity contribution in [2.45, 2.75) is 17.2 Å². The van der Waals surface area contributed by atoms with Gasteiger partial charge in [0.2, 0.25) is 0 Å². The van der Waals surface area contributed by atoms with Crippen molar-refractivity contribution < 1.29 is 13.5 Å². The Kier molecular flexibility index (Phi) is 2.87. The van der Waals surface area contributed by atoms with Crippen LogP contribution in [0.5, 0.6) is 0 Å². The molecule has 1 aromatic heterocycles. The quantitative estimate of drug-likeness (QED) is 0.799. The third kappa shape index (κ3) is 2.30. The minimum Gasteiger partial charge on any atom is -0.392 e. The zero-order valence-corrected chi connectivity index (χ0v) is 8.23. The first-order valence-corrected chi connectivity index (χ1v) is 6.00. The van der Waals surface area contributed by atoms with Crippen molar-refractivity contribution in [3.8, 4) is 0 Å². The molecule has 1 rings (SSSR count). The Balaban J connectivity index is 2.88. The molecular weight excluding hydrogens is 196 g/mol. The van der Waals surface area contributed by atoms with Crippen LogP contribution in [-0.2, 0) is 9.84 Å². The van der Waals surface area contributed by atoms with E-state index in [4.69, 9.17) is 5.11 Å². The molecule has 0 fully saturated rings. The van der Waals surface area contributed by atoms with Gasteiger partial charge < -0.3 is 5.11 Å². The summed E-state index contributed by atoms with van der Waals surface area (Å²) in [5.41, 5.74) is 0. The summed E-state index contributed by atoms with van der Waals surface area (Å²) in [6.45, 7) is 1.46. The van der Waals surface area contributed by atoms with Crippen LogP contribution in [-0.4, -0.2) is 25.4 Å². The molecule has 0 aliphatic heterocycles. The largest absolute Gasteiger partial charge is 0.392 e. The van der Waals surface area contributed by atoms with E-state index in [2.05, 4.69) is 0 Å². The van der Waals surface area contributed by atoms with Crippen LogP contribution in [0.1, 0.15) is 6.92 Å². The van der Waals surface area contributed by atoms with Crippen molar-refractivity contribution in [2.75, 3.05) is 5.75 Å². The van der Waals surface area contributed by atoms with E-state index in [0.29, 0.717) is 4.21 Å². The van der Waals surface area contributed by atoms with Gasteiger partial charge in [0, 0.05) is 0 Å². The number of rotatable bonds is 3. The standard InChI is InChI=1S/C7H10O3S2/c1-6(8)5-12(9,10)7-3-2-4-11-7/h2-4,6,8H,5H2,1H3. The Morgan fingerprint density at radius 1 is 1.67 bits per heavy atom. The predicted molar refractivity (Wildman–Crippen MR) is 48.1 cm³/mol. The Hall–Kier alpha value is -0.390. The third-order valence-electron chi connectivity index (χ3n) is 1.26. The fraction of sp³-hybridized carbons (Fsp3) is 0.429. The van der Waals surface area contributed by atoms with Gasteiger partial charge in [0.05, 0.1) is 11.9 Å². The SMILES string of the molecule is CC(O)CS(=O)(=O)c1cccs1. The maximum absolute atomic E-state index is 11.4. The van der Waals surface area contributed by atoms with Gasteiger partial charge in [-0.25, -0.2) is 8.42 Å². The van der Waals surface area contributed by atoms with Crippen LogP contribution in [0, 0.1) is 0 Å². The maximum atomic E-state index is 11.4. The second-order valence-corrected chi connectivity index (χ2v) is 5.77. The maximum Gasteiger partial charge on any atom is 0.190 e. The average Bonchev–Trinajstić information content (AvgIpc) is 2.32. The lowest BCUT2D eigenvalue weighted by Gasteiger charge is -2.02. The smallest absolute Gasteiger partial charge is 0.190 e. The summed E-state index contributed by atoms with van der Waals surface area (Å²) in [5, 5.41) is 10.6. The van der Waals surface area contributed by atoms with Gasteiger partial charge in [-0.1, -0.05) is 6.07 Å². The monoisotopic (exact) mass is 206 g/mol. The summed E-state index contributed by atoms with van der Waals surface area (Å²) >= 11 is 1.17. The van der Waals surface area contributed by atoms with Gasteiger partial charge in [-0.2, -0.15) is 0 Å². The van der Waals surface area contributed by atoms with Gasteiger partial charge in [0.15, 0.2) is 9.84 Å². The summed E-state index contributed by atoms with van der Waals surface area (Å²) < 4.78 is 23.0. The summed E-state index contributed by atoms with van der Waals surface area (Å²) in [5.74, 6) is -0.201. The zero-order chi connectivity index (χ0) is 9.19. The van der Waals surface area contributed by atoms with Crippen LogP contribution in [0.4, 0.5) is 0 Å².